The van der Waals surface area contributed by atoms with E-state index in [9.17, 15) is 4.79 Å². The van der Waals surface area contributed by atoms with E-state index in [4.69, 9.17) is 19.3 Å². The van der Waals surface area contributed by atoms with E-state index in [-0.39, 0.29) is 18.7 Å². The van der Waals surface area contributed by atoms with Crippen molar-refractivity contribution in [2.45, 2.75) is 25.6 Å². The van der Waals surface area contributed by atoms with Gasteiger partial charge < -0.3 is 19.3 Å². The number of hydrogen-bond acceptors (Lipinski definition) is 5. The summed E-state index contributed by atoms with van der Waals surface area (Å²) in [6.07, 6.45) is 0.521. The smallest absolute Gasteiger partial charge is 0.306 e. The fourth-order valence-corrected chi connectivity index (χ4v) is 2.46. The summed E-state index contributed by atoms with van der Waals surface area (Å²) in [5.41, 5.74) is 1.94. The predicted molar refractivity (Wildman–Crippen MR) is 88.0 cm³/mol. The van der Waals surface area contributed by atoms with Gasteiger partial charge in [0.05, 0.1) is 6.61 Å². The van der Waals surface area contributed by atoms with Crippen LogP contribution in [0.1, 0.15) is 17.5 Å². The van der Waals surface area contributed by atoms with Crippen LogP contribution in [0.2, 0.25) is 0 Å². The van der Waals surface area contributed by atoms with E-state index in [0.717, 1.165) is 11.1 Å². The molecule has 3 rings (SSSR count). The van der Waals surface area contributed by atoms with Crippen molar-refractivity contribution in [3.05, 3.63) is 59.7 Å². The molecule has 0 saturated carbocycles. The minimum absolute atomic E-state index is 0.0878. The third-order valence-electron chi connectivity index (χ3n) is 3.79. The number of aryl methyl sites for hydroxylation is 1. The second-order valence-corrected chi connectivity index (χ2v) is 5.66. The number of fused-ring (bicyclic) bond motifs is 1. The second-order valence-electron chi connectivity index (χ2n) is 5.66. The summed E-state index contributed by atoms with van der Waals surface area (Å²) >= 11 is 0. The number of benzene rings is 2. The number of carbonyl (C=O) groups excluding carboxylic acids is 1. The van der Waals surface area contributed by atoms with Gasteiger partial charge in [0.2, 0.25) is 0 Å². The Labute approximate surface area is 140 Å². The Balaban J connectivity index is 1.50. The molecule has 0 amide bonds. The van der Waals surface area contributed by atoms with Crippen LogP contribution in [-0.2, 0) is 22.6 Å². The summed E-state index contributed by atoms with van der Waals surface area (Å²) in [6, 6.07) is 15.2. The fourth-order valence-electron chi connectivity index (χ4n) is 2.46. The summed E-state index contributed by atoms with van der Waals surface area (Å²) < 4.78 is 16.4. The molecule has 0 aliphatic carbocycles. The predicted octanol–water partition coefficient (Wildman–Crippen LogP) is 2.49. The molecule has 5 heteroatoms. The molecule has 1 aliphatic rings. The lowest BCUT2D eigenvalue weighted by Crippen LogP contribution is -2.32. The molecule has 0 saturated heterocycles. The Hall–Kier alpha value is -2.53. The third kappa shape index (κ3) is 4.26. The Bertz CT molecular complexity index is 683. The Morgan fingerprint density at radius 1 is 1.12 bits per heavy atom. The van der Waals surface area contributed by atoms with Gasteiger partial charge in [0, 0.05) is 6.42 Å². The number of aliphatic hydroxyl groups is 1. The first-order chi connectivity index (χ1) is 11.7. The molecular formula is C19H20O5. The lowest BCUT2D eigenvalue weighted by Gasteiger charge is -2.25. The van der Waals surface area contributed by atoms with E-state index in [0.29, 0.717) is 37.6 Å². The topological polar surface area (TPSA) is 65.0 Å². The van der Waals surface area contributed by atoms with Crippen LogP contribution < -0.4 is 9.47 Å². The van der Waals surface area contributed by atoms with Crippen molar-refractivity contribution in [3.8, 4) is 11.5 Å². The van der Waals surface area contributed by atoms with Crippen LogP contribution in [0, 0.1) is 0 Å². The zero-order valence-corrected chi connectivity index (χ0v) is 13.3. The third-order valence-corrected chi connectivity index (χ3v) is 3.79. The number of esters is 1. The standard InChI is InChI=1S/C19H20O5/c20-11-16-13-22-17-8-6-14(10-18(17)24-16)7-9-19(21)23-12-15-4-2-1-3-5-15/h1-6,8,10,16,20H,7,9,11-13H2. The van der Waals surface area contributed by atoms with Crippen LogP contribution in [0.3, 0.4) is 0 Å². The Kier molecular flexibility index (Phi) is 5.33. The highest BCUT2D eigenvalue weighted by atomic mass is 16.6. The van der Waals surface area contributed by atoms with Gasteiger partial charge in [-0.05, 0) is 29.7 Å². The molecule has 1 unspecified atom stereocenters. The molecule has 0 fully saturated rings. The summed E-state index contributed by atoms with van der Waals surface area (Å²) in [5, 5.41) is 9.15. The quantitative estimate of drug-likeness (QED) is 0.826. The molecule has 2 aromatic rings. The maximum Gasteiger partial charge on any atom is 0.306 e. The first-order valence-corrected chi connectivity index (χ1v) is 7.97. The second kappa shape index (κ2) is 7.84. The van der Waals surface area contributed by atoms with E-state index >= 15 is 0 Å². The fraction of sp³-hybridized carbons (Fsp3) is 0.316. The van der Waals surface area contributed by atoms with Gasteiger partial charge in [0.15, 0.2) is 17.6 Å². The highest BCUT2D eigenvalue weighted by molar-refractivity contribution is 5.69. The monoisotopic (exact) mass is 328 g/mol. The largest absolute Gasteiger partial charge is 0.486 e. The molecule has 0 aromatic heterocycles. The van der Waals surface area contributed by atoms with Crippen molar-refractivity contribution >= 4 is 5.97 Å². The average Bonchev–Trinajstić information content (AvgIpc) is 2.64. The minimum Gasteiger partial charge on any atom is -0.486 e. The van der Waals surface area contributed by atoms with Crippen molar-refractivity contribution < 1.29 is 24.1 Å². The van der Waals surface area contributed by atoms with E-state index in [2.05, 4.69) is 0 Å². The zero-order valence-electron chi connectivity index (χ0n) is 13.3. The molecule has 1 aliphatic heterocycles. The van der Waals surface area contributed by atoms with E-state index in [1.165, 1.54) is 0 Å². The van der Waals surface area contributed by atoms with E-state index in [1.807, 2.05) is 48.5 Å². The maximum absolute atomic E-state index is 11.9. The van der Waals surface area contributed by atoms with Crippen molar-refractivity contribution in [3.63, 3.8) is 0 Å². The molecular weight excluding hydrogens is 308 g/mol. The lowest BCUT2D eigenvalue weighted by atomic mass is 10.1. The highest BCUT2D eigenvalue weighted by Crippen LogP contribution is 2.32. The molecule has 1 heterocycles. The van der Waals surface area contributed by atoms with Crippen LogP contribution in [0.5, 0.6) is 11.5 Å². The van der Waals surface area contributed by atoms with Gasteiger partial charge in [-0.15, -0.1) is 0 Å². The summed E-state index contributed by atoms with van der Waals surface area (Å²) in [7, 11) is 0. The summed E-state index contributed by atoms with van der Waals surface area (Å²) in [6.45, 7) is 0.545. The molecule has 0 spiro atoms. The molecule has 0 bridgehead atoms. The van der Waals surface area contributed by atoms with Crippen molar-refractivity contribution in [1.82, 2.24) is 0 Å². The SMILES string of the molecule is O=C(CCc1ccc2c(c1)OC(CO)CO2)OCc1ccccc1. The van der Waals surface area contributed by atoms with Gasteiger partial charge in [-0.1, -0.05) is 36.4 Å². The average molecular weight is 328 g/mol. The van der Waals surface area contributed by atoms with Gasteiger partial charge in [-0.2, -0.15) is 0 Å². The Morgan fingerprint density at radius 3 is 2.75 bits per heavy atom. The van der Waals surface area contributed by atoms with Gasteiger partial charge >= 0.3 is 5.97 Å². The van der Waals surface area contributed by atoms with Crippen molar-refractivity contribution in [2.75, 3.05) is 13.2 Å². The summed E-state index contributed by atoms with van der Waals surface area (Å²) in [5.74, 6) is 1.03. The molecule has 24 heavy (non-hydrogen) atoms. The van der Waals surface area contributed by atoms with Crippen molar-refractivity contribution in [1.29, 1.82) is 0 Å². The number of rotatable bonds is 6. The molecule has 1 N–H and O–H groups in total. The normalized spacial score (nSPS) is 15.8. The first kappa shape index (κ1) is 16.3. The van der Waals surface area contributed by atoms with Crippen LogP contribution in [0.15, 0.2) is 48.5 Å². The number of carbonyl (C=O) groups is 1. The molecule has 5 nitrogen and oxygen atoms in total. The maximum atomic E-state index is 11.9. The van der Waals surface area contributed by atoms with Gasteiger partial charge in [-0.3, -0.25) is 4.79 Å². The highest BCUT2D eigenvalue weighted by Gasteiger charge is 2.20. The van der Waals surface area contributed by atoms with Crippen LogP contribution in [-0.4, -0.2) is 30.4 Å². The van der Waals surface area contributed by atoms with Crippen LogP contribution in [0.25, 0.3) is 0 Å². The molecule has 2 aromatic carbocycles. The van der Waals surface area contributed by atoms with Crippen LogP contribution in [0.4, 0.5) is 0 Å². The van der Waals surface area contributed by atoms with E-state index < -0.39 is 0 Å². The molecule has 1 atom stereocenters. The minimum atomic E-state index is -0.344. The zero-order chi connectivity index (χ0) is 16.8. The number of ether oxygens (including phenoxy) is 3. The van der Waals surface area contributed by atoms with Crippen LogP contribution >= 0.6 is 0 Å². The Morgan fingerprint density at radius 2 is 1.96 bits per heavy atom. The van der Waals surface area contributed by atoms with Gasteiger partial charge in [0.1, 0.15) is 13.2 Å². The first-order valence-electron chi connectivity index (χ1n) is 7.97. The molecule has 126 valence electrons. The van der Waals surface area contributed by atoms with Gasteiger partial charge in [-0.25, -0.2) is 0 Å². The van der Waals surface area contributed by atoms with Gasteiger partial charge in [0.25, 0.3) is 0 Å². The van der Waals surface area contributed by atoms with E-state index in [1.54, 1.807) is 0 Å². The summed E-state index contributed by atoms with van der Waals surface area (Å²) in [4.78, 5) is 11.9. The number of hydrogen-bond donors (Lipinski definition) is 1. The van der Waals surface area contributed by atoms with Crippen molar-refractivity contribution in [2.24, 2.45) is 0 Å². The number of aliphatic hydroxyl groups excluding tert-OH is 1. The lowest BCUT2D eigenvalue weighted by molar-refractivity contribution is -0.144. The molecule has 0 radical (unpaired) electrons.